The predicted molar refractivity (Wildman–Crippen MR) is 87.3 cm³/mol. The van der Waals surface area contributed by atoms with Gasteiger partial charge in [0, 0.05) is 45.0 Å². The molecule has 0 bridgehead atoms. The van der Waals surface area contributed by atoms with Crippen LogP contribution in [0.1, 0.15) is 11.6 Å². The van der Waals surface area contributed by atoms with E-state index in [1.54, 1.807) is 31.6 Å². The first kappa shape index (κ1) is 15.5. The molecule has 2 saturated heterocycles. The third-order valence-electron chi connectivity index (χ3n) is 4.63. The van der Waals surface area contributed by atoms with Gasteiger partial charge in [0.2, 0.25) is 5.95 Å². The van der Waals surface area contributed by atoms with E-state index in [0.717, 1.165) is 12.2 Å². The maximum absolute atomic E-state index is 12.2. The second-order valence-electron chi connectivity index (χ2n) is 6.28. The average Bonchev–Trinajstić information content (AvgIpc) is 3.10. The van der Waals surface area contributed by atoms with E-state index in [1.807, 2.05) is 4.90 Å². The number of aryl methyl sites for hydroxylation is 1. The lowest BCUT2D eigenvalue weighted by Gasteiger charge is -2.43. The van der Waals surface area contributed by atoms with Crippen LogP contribution >= 0.6 is 0 Å². The molecule has 2 aliphatic heterocycles. The summed E-state index contributed by atoms with van der Waals surface area (Å²) in [6.07, 6.45) is 5.01. The van der Waals surface area contributed by atoms with E-state index in [-0.39, 0.29) is 23.6 Å². The zero-order chi connectivity index (χ0) is 16.7. The third kappa shape index (κ3) is 2.89. The highest BCUT2D eigenvalue weighted by Gasteiger charge is 2.47. The topological polar surface area (TPSA) is 92.4 Å². The first-order valence-electron chi connectivity index (χ1n) is 7.91. The largest absolute Gasteiger partial charge is 0.449 e. The highest BCUT2D eigenvalue weighted by Crippen LogP contribution is 2.30. The van der Waals surface area contributed by atoms with Crippen LogP contribution in [-0.2, 0) is 16.4 Å². The Kier molecular flexibility index (Phi) is 3.76. The van der Waals surface area contributed by atoms with Crippen molar-refractivity contribution < 1.29 is 12.8 Å². The van der Waals surface area contributed by atoms with Gasteiger partial charge in [-0.1, -0.05) is 0 Å². The molecule has 24 heavy (non-hydrogen) atoms. The van der Waals surface area contributed by atoms with Gasteiger partial charge in [-0.2, -0.15) is 0 Å². The standard InChI is InChI=1S/C15H19N5O3S/c1-11-18-12(8-23-11)7-19-5-6-20(15-16-3-2-4-17-15)14-10-24(21,22)9-13(14)19/h2-4,8,13-14H,5-7,9-10H2,1H3. The molecule has 0 radical (unpaired) electrons. The number of nitrogens with zero attached hydrogens (tertiary/aromatic N) is 5. The monoisotopic (exact) mass is 349 g/mol. The number of hydrogen-bond acceptors (Lipinski definition) is 8. The van der Waals surface area contributed by atoms with Gasteiger partial charge in [-0.3, -0.25) is 4.90 Å². The number of hydrogen-bond donors (Lipinski definition) is 0. The van der Waals surface area contributed by atoms with Gasteiger partial charge in [0.25, 0.3) is 0 Å². The summed E-state index contributed by atoms with van der Waals surface area (Å²) in [5.41, 5.74) is 0.833. The quantitative estimate of drug-likeness (QED) is 0.779. The van der Waals surface area contributed by atoms with Crippen molar-refractivity contribution in [2.24, 2.45) is 0 Å². The lowest BCUT2D eigenvalue weighted by atomic mass is 10.0. The van der Waals surface area contributed by atoms with Crippen molar-refractivity contribution in [3.05, 3.63) is 36.3 Å². The zero-order valence-electron chi connectivity index (χ0n) is 13.4. The van der Waals surface area contributed by atoms with Crippen molar-refractivity contribution in [1.82, 2.24) is 19.9 Å². The summed E-state index contributed by atoms with van der Waals surface area (Å²) in [5, 5.41) is 0. The van der Waals surface area contributed by atoms with Gasteiger partial charge in [0.1, 0.15) is 6.26 Å². The van der Waals surface area contributed by atoms with Crippen LogP contribution in [0, 0.1) is 6.92 Å². The van der Waals surface area contributed by atoms with E-state index in [4.69, 9.17) is 4.42 Å². The highest BCUT2D eigenvalue weighted by atomic mass is 32.2. The van der Waals surface area contributed by atoms with Crippen molar-refractivity contribution in [2.75, 3.05) is 29.5 Å². The van der Waals surface area contributed by atoms with E-state index in [9.17, 15) is 8.42 Å². The average molecular weight is 349 g/mol. The van der Waals surface area contributed by atoms with E-state index in [2.05, 4.69) is 19.9 Å². The van der Waals surface area contributed by atoms with Gasteiger partial charge in [0.05, 0.1) is 23.2 Å². The number of oxazole rings is 1. The van der Waals surface area contributed by atoms with Crippen molar-refractivity contribution >= 4 is 15.8 Å². The highest BCUT2D eigenvalue weighted by molar-refractivity contribution is 7.91. The molecule has 4 rings (SSSR count). The summed E-state index contributed by atoms with van der Waals surface area (Å²) in [7, 11) is -3.07. The first-order chi connectivity index (χ1) is 11.5. The number of aromatic nitrogens is 3. The summed E-state index contributed by atoms with van der Waals surface area (Å²) in [6, 6.07) is 1.55. The van der Waals surface area contributed by atoms with E-state index in [1.165, 1.54) is 0 Å². The molecular formula is C15H19N5O3S. The minimum absolute atomic E-state index is 0.0791. The van der Waals surface area contributed by atoms with Gasteiger partial charge in [-0.25, -0.2) is 23.4 Å². The number of rotatable bonds is 3. The van der Waals surface area contributed by atoms with Crippen LogP contribution < -0.4 is 4.90 Å². The molecule has 8 nitrogen and oxygen atoms in total. The fourth-order valence-electron chi connectivity index (χ4n) is 3.60. The van der Waals surface area contributed by atoms with Gasteiger partial charge in [0.15, 0.2) is 15.7 Å². The SMILES string of the molecule is Cc1nc(CN2CCN(c3ncccn3)C3CS(=O)(=O)CC32)co1. The molecule has 0 aliphatic carbocycles. The van der Waals surface area contributed by atoms with Gasteiger partial charge >= 0.3 is 0 Å². The Balaban J connectivity index is 1.60. The Morgan fingerprint density at radius 1 is 1.21 bits per heavy atom. The smallest absolute Gasteiger partial charge is 0.225 e. The van der Waals surface area contributed by atoms with Crippen LogP contribution in [0.15, 0.2) is 29.1 Å². The van der Waals surface area contributed by atoms with Crippen molar-refractivity contribution in [1.29, 1.82) is 0 Å². The molecule has 2 unspecified atom stereocenters. The van der Waals surface area contributed by atoms with Gasteiger partial charge in [-0.05, 0) is 6.07 Å². The minimum atomic E-state index is -3.07. The predicted octanol–water partition coefficient (Wildman–Crippen LogP) is 0.261. The maximum Gasteiger partial charge on any atom is 0.225 e. The number of fused-ring (bicyclic) bond motifs is 1. The number of sulfone groups is 1. The van der Waals surface area contributed by atoms with E-state index < -0.39 is 9.84 Å². The molecule has 0 amide bonds. The Morgan fingerprint density at radius 3 is 2.67 bits per heavy atom. The lowest BCUT2D eigenvalue weighted by molar-refractivity contribution is 0.157. The Hall–Kier alpha value is -2.00. The Labute approximate surface area is 140 Å². The molecule has 0 spiro atoms. The third-order valence-corrected chi connectivity index (χ3v) is 6.33. The second-order valence-corrected chi connectivity index (χ2v) is 8.44. The van der Waals surface area contributed by atoms with Crippen LogP contribution in [0.3, 0.4) is 0 Å². The summed E-state index contributed by atoms with van der Waals surface area (Å²) < 4.78 is 29.8. The molecule has 4 heterocycles. The minimum Gasteiger partial charge on any atom is -0.449 e. The molecule has 2 aromatic heterocycles. The van der Waals surface area contributed by atoms with E-state index in [0.29, 0.717) is 24.9 Å². The molecule has 0 aromatic carbocycles. The molecule has 2 fully saturated rings. The maximum atomic E-state index is 12.2. The van der Waals surface area contributed by atoms with Crippen LogP contribution in [0.25, 0.3) is 0 Å². The summed E-state index contributed by atoms with van der Waals surface area (Å²) >= 11 is 0. The van der Waals surface area contributed by atoms with Crippen LogP contribution in [0.4, 0.5) is 5.95 Å². The first-order valence-corrected chi connectivity index (χ1v) is 9.73. The lowest BCUT2D eigenvalue weighted by Crippen LogP contribution is -2.59. The van der Waals surface area contributed by atoms with Crippen LogP contribution in [0.5, 0.6) is 0 Å². The van der Waals surface area contributed by atoms with E-state index >= 15 is 0 Å². The van der Waals surface area contributed by atoms with Gasteiger partial charge < -0.3 is 9.32 Å². The second kappa shape index (κ2) is 5.82. The molecule has 2 atom stereocenters. The molecule has 2 aromatic rings. The summed E-state index contributed by atoms with van der Waals surface area (Å²) in [4.78, 5) is 17.1. The van der Waals surface area contributed by atoms with Crippen LogP contribution in [-0.4, -0.2) is 64.9 Å². The Bertz CT molecular complexity index is 823. The molecular weight excluding hydrogens is 330 g/mol. The number of anilines is 1. The van der Waals surface area contributed by atoms with Crippen molar-refractivity contribution in [3.63, 3.8) is 0 Å². The summed E-state index contributed by atoms with van der Waals surface area (Å²) in [5.74, 6) is 1.53. The molecule has 9 heteroatoms. The zero-order valence-corrected chi connectivity index (χ0v) is 14.2. The molecule has 0 N–H and O–H groups in total. The fourth-order valence-corrected chi connectivity index (χ4v) is 5.61. The molecule has 0 saturated carbocycles. The Morgan fingerprint density at radius 2 is 1.96 bits per heavy atom. The van der Waals surface area contributed by atoms with Crippen molar-refractivity contribution in [2.45, 2.75) is 25.6 Å². The molecule has 128 valence electrons. The molecule has 2 aliphatic rings. The number of piperazine rings is 1. The summed E-state index contributed by atoms with van der Waals surface area (Å²) in [6.45, 7) is 3.83. The normalized spacial score (nSPS) is 26.5. The van der Waals surface area contributed by atoms with Crippen molar-refractivity contribution in [3.8, 4) is 0 Å². The fraction of sp³-hybridized carbons (Fsp3) is 0.533. The van der Waals surface area contributed by atoms with Gasteiger partial charge in [-0.15, -0.1) is 0 Å². The van der Waals surface area contributed by atoms with Crippen LogP contribution in [0.2, 0.25) is 0 Å².